The highest BCUT2D eigenvalue weighted by atomic mass is 16.6. The largest absolute Gasteiger partial charge is 0.459 e. The summed E-state index contributed by atoms with van der Waals surface area (Å²) in [6.45, 7) is 6.13. The number of esters is 1. The number of carbonyl (C=O) groups is 1. The highest BCUT2D eigenvalue weighted by Crippen LogP contribution is 2.46. The van der Waals surface area contributed by atoms with Crippen LogP contribution in [0.15, 0.2) is 30.3 Å². The highest BCUT2D eigenvalue weighted by Gasteiger charge is 2.51. The number of hydrogen-bond acceptors (Lipinski definition) is 2. The Morgan fingerprint density at radius 3 is 2.31 bits per heavy atom. The molecule has 16 heavy (non-hydrogen) atoms. The summed E-state index contributed by atoms with van der Waals surface area (Å²) in [5.41, 5.74) is 0.780. The Hall–Kier alpha value is -1.31. The molecule has 0 unspecified atom stereocenters. The van der Waals surface area contributed by atoms with E-state index in [1.165, 1.54) is 5.56 Å². The second kappa shape index (κ2) is 3.62. The fourth-order valence-electron chi connectivity index (χ4n) is 2.30. The monoisotopic (exact) mass is 218 g/mol. The molecule has 1 aliphatic heterocycles. The average molecular weight is 218 g/mol. The fourth-order valence-corrected chi connectivity index (χ4v) is 2.30. The molecule has 2 heteroatoms. The zero-order chi connectivity index (χ0) is 11.8. The lowest BCUT2D eigenvalue weighted by Gasteiger charge is -2.35. The first-order chi connectivity index (χ1) is 7.43. The van der Waals surface area contributed by atoms with Crippen LogP contribution in [-0.4, -0.2) is 11.6 Å². The van der Waals surface area contributed by atoms with Gasteiger partial charge in [0.15, 0.2) is 0 Å². The third-order valence-electron chi connectivity index (χ3n) is 3.79. The third-order valence-corrected chi connectivity index (χ3v) is 3.79. The second-order valence-corrected chi connectivity index (χ2v) is 5.38. The molecule has 1 saturated heterocycles. The minimum Gasteiger partial charge on any atom is -0.459 e. The van der Waals surface area contributed by atoms with E-state index < -0.39 is 0 Å². The normalized spacial score (nSPS) is 27.8. The van der Waals surface area contributed by atoms with Gasteiger partial charge in [-0.1, -0.05) is 37.3 Å². The molecular weight excluding hydrogens is 200 g/mol. The van der Waals surface area contributed by atoms with Crippen molar-refractivity contribution in [1.29, 1.82) is 0 Å². The van der Waals surface area contributed by atoms with Crippen LogP contribution in [0.3, 0.4) is 0 Å². The van der Waals surface area contributed by atoms with Gasteiger partial charge in [-0.05, 0) is 25.8 Å². The van der Waals surface area contributed by atoms with Crippen LogP contribution in [0.5, 0.6) is 0 Å². The van der Waals surface area contributed by atoms with Gasteiger partial charge >= 0.3 is 5.97 Å². The summed E-state index contributed by atoms with van der Waals surface area (Å²) in [5.74, 6) is -0.0802. The molecule has 0 amide bonds. The summed E-state index contributed by atoms with van der Waals surface area (Å²) in [6.07, 6.45) is 1.39. The minimum absolute atomic E-state index is 0.0802. The molecule has 0 bridgehead atoms. The lowest BCUT2D eigenvalue weighted by atomic mass is 9.71. The predicted molar refractivity (Wildman–Crippen MR) is 63.0 cm³/mol. The van der Waals surface area contributed by atoms with Crippen molar-refractivity contribution >= 4 is 5.97 Å². The van der Waals surface area contributed by atoms with Crippen molar-refractivity contribution in [1.82, 2.24) is 0 Å². The van der Waals surface area contributed by atoms with Gasteiger partial charge in [-0.25, -0.2) is 0 Å². The Morgan fingerprint density at radius 1 is 1.19 bits per heavy atom. The maximum absolute atomic E-state index is 11.4. The minimum atomic E-state index is -0.375. The fraction of sp³-hybridized carbons (Fsp3) is 0.500. The van der Waals surface area contributed by atoms with Crippen molar-refractivity contribution in [2.45, 2.75) is 39.2 Å². The SMILES string of the molecule is CC1(C)OC(=O)C[C@@]1(C)Cc1ccccc1. The van der Waals surface area contributed by atoms with Gasteiger partial charge in [0.1, 0.15) is 5.60 Å². The Kier molecular flexibility index (Phi) is 2.53. The van der Waals surface area contributed by atoms with Gasteiger partial charge in [-0.2, -0.15) is 0 Å². The molecule has 1 aliphatic rings. The predicted octanol–water partition coefficient (Wildman–Crippen LogP) is 2.96. The third kappa shape index (κ3) is 1.84. The Morgan fingerprint density at radius 2 is 1.81 bits per heavy atom. The lowest BCUT2D eigenvalue weighted by molar-refractivity contribution is -0.147. The molecule has 0 aliphatic carbocycles. The van der Waals surface area contributed by atoms with Gasteiger partial charge in [-0.3, -0.25) is 4.79 Å². The van der Waals surface area contributed by atoms with Gasteiger partial charge < -0.3 is 4.74 Å². The standard InChI is InChI=1S/C14H18O2/c1-13(2)14(3,10-12(15)16-13)9-11-7-5-4-6-8-11/h4-8H,9-10H2,1-3H3/t14-/m1/s1. The number of benzene rings is 1. The van der Waals surface area contributed by atoms with Crippen molar-refractivity contribution in [3.63, 3.8) is 0 Å². The summed E-state index contributed by atoms with van der Waals surface area (Å²) in [5, 5.41) is 0. The highest BCUT2D eigenvalue weighted by molar-refractivity contribution is 5.73. The number of hydrogen-bond donors (Lipinski definition) is 0. The first-order valence-electron chi connectivity index (χ1n) is 5.69. The van der Waals surface area contributed by atoms with Gasteiger partial charge in [-0.15, -0.1) is 0 Å². The van der Waals surface area contributed by atoms with E-state index in [-0.39, 0.29) is 17.0 Å². The Balaban J connectivity index is 2.23. The Labute approximate surface area is 96.6 Å². The van der Waals surface area contributed by atoms with E-state index >= 15 is 0 Å². The van der Waals surface area contributed by atoms with Crippen molar-refractivity contribution in [3.05, 3.63) is 35.9 Å². The molecule has 0 radical (unpaired) electrons. The molecule has 1 heterocycles. The van der Waals surface area contributed by atoms with Crippen molar-refractivity contribution < 1.29 is 9.53 Å². The lowest BCUT2D eigenvalue weighted by Crippen LogP contribution is -2.39. The molecule has 1 fully saturated rings. The first kappa shape index (κ1) is 11.2. The first-order valence-corrected chi connectivity index (χ1v) is 5.69. The van der Waals surface area contributed by atoms with Crippen LogP contribution in [0.25, 0.3) is 0 Å². The van der Waals surface area contributed by atoms with Crippen LogP contribution in [0, 0.1) is 5.41 Å². The molecule has 0 N–H and O–H groups in total. The quantitative estimate of drug-likeness (QED) is 0.713. The van der Waals surface area contributed by atoms with Crippen LogP contribution < -0.4 is 0 Å². The molecular formula is C14H18O2. The number of cyclic esters (lactones) is 1. The molecule has 86 valence electrons. The summed E-state index contributed by atoms with van der Waals surface area (Å²) in [7, 11) is 0. The second-order valence-electron chi connectivity index (χ2n) is 5.38. The van der Waals surface area contributed by atoms with E-state index in [2.05, 4.69) is 19.1 Å². The van der Waals surface area contributed by atoms with Crippen LogP contribution in [0.4, 0.5) is 0 Å². The van der Waals surface area contributed by atoms with E-state index in [0.717, 1.165) is 6.42 Å². The van der Waals surface area contributed by atoms with E-state index in [9.17, 15) is 4.79 Å². The zero-order valence-electron chi connectivity index (χ0n) is 10.1. The van der Waals surface area contributed by atoms with E-state index in [1.807, 2.05) is 32.0 Å². The van der Waals surface area contributed by atoms with E-state index in [0.29, 0.717) is 6.42 Å². The van der Waals surface area contributed by atoms with Crippen LogP contribution in [0.2, 0.25) is 0 Å². The molecule has 1 aromatic rings. The molecule has 0 aromatic heterocycles. The summed E-state index contributed by atoms with van der Waals surface area (Å²) in [4.78, 5) is 11.4. The van der Waals surface area contributed by atoms with Crippen molar-refractivity contribution in [2.75, 3.05) is 0 Å². The average Bonchev–Trinajstić information content (AvgIpc) is 2.36. The van der Waals surface area contributed by atoms with Crippen molar-refractivity contribution in [3.8, 4) is 0 Å². The summed E-state index contributed by atoms with van der Waals surface area (Å²) >= 11 is 0. The molecule has 0 saturated carbocycles. The Bertz CT molecular complexity index is 394. The van der Waals surface area contributed by atoms with Crippen LogP contribution >= 0.6 is 0 Å². The van der Waals surface area contributed by atoms with Gasteiger partial charge in [0.25, 0.3) is 0 Å². The number of rotatable bonds is 2. The smallest absolute Gasteiger partial charge is 0.307 e. The molecule has 1 aromatic carbocycles. The van der Waals surface area contributed by atoms with Gasteiger partial charge in [0.05, 0.1) is 6.42 Å². The van der Waals surface area contributed by atoms with Crippen molar-refractivity contribution in [2.24, 2.45) is 5.41 Å². The molecule has 2 nitrogen and oxygen atoms in total. The van der Waals surface area contributed by atoms with Crippen LogP contribution in [-0.2, 0) is 16.0 Å². The molecule has 1 atom stereocenters. The molecule has 2 rings (SSSR count). The van der Waals surface area contributed by atoms with E-state index in [1.54, 1.807) is 0 Å². The zero-order valence-corrected chi connectivity index (χ0v) is 10.1. The number of carbonyl (C=O) groups excluding carboxylic acids is 1. The van der Waals surface area contributed by atoms with Crippen LogP contribution in [0.1, 0.15) is 32.8 Å². The van der Waals surface area contributed by atoms with E-state index in [4.69, 9.17) is 4.74 Å². The van der Waals surface area contributed by atoms with Gasteiger partial charge in [0.2, 0.25) is 0 Å². The maximum Gasteiger partial charge on any atom is 0.307 e. The van der Waals surface area contributed by atoms with Gasteiger partial charge in [0, 0.05) is 5.41 Å². The number of ether oxygens (including phenoxy) is 1. The summed E-state index contributed by atoms with van der Waals surface area (Å²) < 4.78 is 5.40. The summed E-state index contributed by atoms with van der Waals surface area (Å²) in [6, 6.07) is 10.3. The topological polar surface area (TPSA) is 26.3 Å². The molecule has 0 spiro atoms. The maximum atomic E-state index is 11.4.